The van der Waals surface area contributed by atoms with Crippen LogP contribution in [0.25, 0.3) is 11.1 Å². The van der Waals surface area contributed by atoms with E-state index in [-0.39, 0.29) is 0 Å². The van der Waals surface area contributed by atoms with Gasteiger partial charge in [0.1, 0.15) is 0 Å². The van der Waals surface area contributed by atoms with E-state index in [1.54, 1.807) is 0 Å². The number of nitrogens with zero attached hydrogens (tertiary/aromatic N) is 1. The van der Waals surface area contributed by atoms with Crippen molar-refractivity contribution in [3.05, 3.63) is 78.1 Å². The van der Waals surface area contributed by atoms with E-state index in [1.807, 2.05) is 24.4 Å². The molecular formula is C16H13N. The normalized spacial score (nSPS) is 14.4. The van der Waals surface area contributed by atoms with Crippen LogP contribution < -0.4 is 0 Å². The van der Waals surface area contributed by atoms with Crippen molar-refractivity contribution >= 4 is 11.1 Å². The number of benzene rings is 1. The van der Waals surface area contributed by atoms with E-state index in [2.05, 4.69) is 47.5 Å². The molecule has 0 radical (unpaired) electrons. The lowest BCUT2D eigenvalue weighted by atomic mass is 10.0. The Labute approximate surface area is 101 Å². The SMILES string of the molecule is C1=C(c2ccccc2)CC(c2ccccn2)=C1. The van der Waals surface area contributed by atoms with Gasteiger partial charge in [-0.15, -0.1) is 0 Å². The molecular weight excluding hydrogens is 206 g/mol. The Hall–Kier alpha value is -2.15. The van der Waals surface area contributed by atoms with Crippen molar-refractivity contribution in [2.75, 3.05) is 0 Å². The molecule has 1 aromatic heterocycles. The zero-order chi connectivity index (χ0) is 11.5. The molecule has 2 aromatic rings. The fourth-order valence-corrected chi connectivity index (χ4v) is 2.10. The van der Waals surface area contributed by atoms with Gasteiger partial charge in [-0.2, -0.15) is 0 Å². The van der Waals surface area contributed by atoms with Gasteiger partial charge in [0.25, 0.3) is 0 Å². The summed E-state index contributed by atoms with van der Waals surface area (Å²) in [6, 6.07) is 16.6. The average Bonchev–Trinajstić information content (AvgIpc) is 2.90. The Morgan fingerprint density at radius 2 is 1.53 bits per heavy atom. The maximum absolute atomic E-state index is 4.39. The Kier molecular flexibility index (Phi) is 2.59. The van der Waals surface area contributed by atoms with E-state index in [9.17, 15) is 0 Å². The van der Waals surface area contributed by atoms with Gasteiger partial charge in [0.2, 0.25) is 0 Å². The summed E-state index contributed by atoms with van der Waals surface area (Å²) in [6.07, 6.45) is 7.18. The lowest BCUT2D eigenvalue weighted by Gasteiger charge is -2.05. The maximum Gasteiger partial charge on any atom is 0.0664 e. The molecule has 1 nitrogen and oxygen atoms in total. The largest absolute Gasteiger partial charge is 0.257 e. The lowest BCUT2D eigenvalue weighted by Crippen LogP contribution is -1.87. The zero-order valence-corrected chi connectivity index (χ0v) is 9.51. The third kappa shape index (κ3) is 2.04. The molecule has 17 heavy (non-hydrogen) atoms. The van der Waals surface area contributed by atoms with E-state index < -0.39 is 0 Å². The molecule has 3 rings (SSSR count). The summed E-state index contributed by atoms with van der Waals surface area (Å²) in [5, 5.41) is 0. The summed E-state index contributed by atoms with van der Waals surface area (Å²) in [7, 11) is 0. The van der Waals surface area contributed by atoms with Crippen LogP contribution in [-0.4, -0.2) is 4.98 Å². The topological polar surface area (TPSA) is 12.9 Å². The second-order valence-electron chi connectivity index (χ2n) is 4.14. The van der Waals surface area contributed by atoms with Crippen molar-refractivity contribution in [1.82, 2.24) is 4.98 Å². The summed E-state index contributed by atoms with van der Waals surface area (Å²) >= 11 is 0. The van der Waals surface area contributed by atoms with Crippen LogP contribution in [0.1, 0.15) is 17.7 Å². The third-order valence-corrected chi connectivity index (χ3v) is 3.01. The van der Waals surface area contributed by atoms with Crippen molar-refractivity contribution in [2.45, 2.75) is 6.42 Å². The van der Waals surface area contributed by atoms with Crippen molar-refractivity contribution in [3.8, 4) is 0 Å². The lowest BCUT2D eigenvalue weighted by molar-refractivity contribution is 1.25. The summed E-state index contributed by atoms with van der Waals surface area (Å²) in [6.45, 7) is 0. The molecule has 0 spiro atoms. The third-order valence-electron chi connectivity index (χ3n) is 3.01. The number of allylic oxidation sites excluding steroid dienone is 4. The highest BCUT2D eigenvalue weighted by molar-refractivity contribution is 5.85. The summed E-state index contributed by atoms with van der Waals surface area (Å²) in [4.78, 5) is 4.39. The molecule has 0 fully saturated rings. The Morgan fingerprint density at radius 1 is 0.765 bits per heavy atom. The van der Waals surface area contributed by atoms with Crippen molar-refractivity contribution in [1.29, 1.82) is 0 Å². The molecule has 0 amide bonds. The van der Waals surface area contributed by atoms with E-state index >= 15 is 0 Å². The van der Waals surface area contributed by atoms with Gasteiger partial charge in [-0.3, -0.25) is 4.98 Å². The van der Waals surface area contributed by atoms with Gasteiger partial charge in [0, 0.05) is 12.6 Å². The number of pyridine rings is 1. The summed E-state index contributed by atoms with van der Waals surface area (Å²) in [5.74, 6) is 0. The van der Waals surface area contributed by atoms with Crippen LogP contribution in [0.4, 0.5) is 0 Å². The van der Waals surface area contributed by atoms with Gasteiger partial charge in [0.05, 0.1) is 5.69 Å². The highest BCUT2D eigenvalue weighted by Gasteiger charge is 2.11. The molecule has 0 atom stereocenters. The van der Waals surface area contributed by atoms with Crippen LogP contribution in [0.5, 0.6) is 0 Å². The molecule has 1 heteroatoms. The summed E-state index contributed by atoms with van der Waals surface area (Å²) < 4.78 is 0. The molecule has 0 unspecified atom stereocenters. The molecule has 1 aromatic carbocycles. The highest BCUT2D eigenvalue weighted by atomic mass is 14.7. The fraction of sp³-hybridized carbons (Fsp3) is 0.0625. The first-order valence-electron chi connectivity index (χ1n) is 5.80. The van der Waals surface area contributed by atoms with E-state index in [0.717, 1.165) is 12.1 Å². The van der Waals surface area contributed by atoms with E-state index in [1.165, 1.54) is 16.7 Å². The predicted molar refractivity (Wildman–Crippen MR) is 71.3 cm³/mol. The highest BCUT2D eigenvalue weighted by Crippen LogP contribution is 2.32. The van der Waals surface area contributed by atoms with E-state index in [4.69, 9.17) is 0 Å². The quantitative estimate of drug-likeness (QED) is 0.745. The molecule has 1 aliphatic rings. The minimum absolute atomic E-state index is 0.973. The van der Waals surface area contributed by atoms with Gasteiger partial charge >= 0.3 is 0 Å². The second-order valence-corrected chi connectivity index (χ2v) is 4.14. The van der Waals surface area contributed by atoms with Crippen LogP contribution in [0, 0.1) is 0 Å². The first kappa shape index (κ1) is 10.0. The van der Waals surface area contributed by atoms with Crippen LogP contribution in [0.15, 0.2) is 66.9 Å². The summed E-state index contributed by atoms with van der Waals surface area (Å²) in [5.41, 5.74) is 5.04. The maximum atomic E-state index is 4.39. The minimum Gasteiger partial charge on any atom is -0.257 e. The Morgan fingerprint density at radius 3 is 2.29 bits per heavy atom. The van der Waals surface area contributed by atoms with Gasteiger partial charge < -0.3 is 0 Å². The average molecular weight is 219 g/mol. The van der Waals surface area contributed by atoms with Crippen LogP contribution in [-0.2, 0) is 0 Å². The van der Waals surface area contributed by atoms with Crippen molar-refractivity contribution in [2.24, 2.45) is 0 Å². The fourth-order valence-electron chi connectivity index (χ4n) is 2.10. The molecule has 1 aliphatic carbocycles. The van der Waals surface area contributed by atoms with Crippen molar-refractivity contribution < 1.29 is 0 Å². The molecule has 0 saturated heterocycles. The van der Waals surface area contributed by atoms with Gasteiger partial charge in [-0.25, -0.2) is 0 Å². The van der Waals surface area contributed by atoms with Gasteiger partial charge in [-0.05, 0) is 28.8 Å². The Bertz CT molecular complexity index is 511. The number of aromatic nitrogens is 1. The molecule has 1 heterocycles. The molecule has 0 aliphatic heterocycles. The Balaban J connectivity index is 1.81. The number of hydrogen-bond donors (Lipinski definition) is 0. The standard InChI is InChI=1S/C16H13N/c1-2-6-13(7-3-1)14-9-10-15(12-14)16-8-4-5-11-17-16/h1-11H,12H2. The molecule has 0 bridgehead atoms. The number of rotatable bonds is 2. The van der Waals surface area contributed by atoms with Gasteiger partial charge in [0.15, 0.2) is 0 Å². The van der Waals surface area contributed by atoms with Crippen LogP contribution >= 0.6 is 0 Å². The van der Waals surface area contributed by atoms with E-state index in [0.29, 0.717) is 0 Å². The minimum atomic E-state index is 0.973. The smallest absolute Gasteiger partial charge is 0.0664 e. The molecule has 0 N–H and O–H groups in total. The number of hydrogen-bond acceptors (Lipinski definition) is 1. The van der Waals surface area contributed by atoms with Crippen LogP contribution in [0.3, 0.4) is 0 Å². The molecule has 0 saturated carbocycles. The molecule has 82 valence electrons. The first-order chi connectivity index (χ1) is 8.43. The predicted octanol–water partition coefficient (Wildman–Crippen LogP) is 3.95. The first-order valence-corrected chi connectivity index (χ1v) is 5.80. The van der Waals surface area contributed by atoms with Crippen molar-refractivity contribution in [3.63, 3.8) is 0 Å². The van der Waals surface area contributed by atoms with Gasteiger partial charge in [-0.1, -0.05) is 48.6 Å². The monoisotopic (exact) mass is 219 g/mol. The zero-order valence-electron chi connectivity index (χ0n) is 9.51. The second kappa shape index (κ2) is 4.38. The van der Waals surface area contributed by atoms with Crippen LogP contribution in [0.2, 0.25) is 0 Å².